The molecule has 0 saturated heterocycles. The van der Waals surface area contributed by atoms with Gasteiger partial charge in [0.2, 0.25) is 0 Å². The summed E-state index contributed by atoms with van der Waals surface area (Å²) in [6.07, 6.45) is 0. The van der Waals surface area contributed by atoms with Gasteiger partial charge in [0.15, 0.2) is 0 Å². The Bertz CT molecular complexity index is 2670. The fraction of sp³-hybridized carbons (Fsp3) is 0.0638. The van der Waals surface area contributed by atoms with E-state index >= 15 is 0 Å². The Labute approximate surface area is 274 Å². The molecular weight excluding hydrogens is 565 g/mol. The monoisotopic (exact) mass is 596 g/mol. The first kappa shape index (κ1) is 26.5. The molecule has 0 aliphatic heterocycles. The molecule has 0 saturated carbocycles. The van der Waals surface area contributed by atoms with Crippen LogP contribution in [0.2, 0.25) is 0 Å². The Morgan fingerprint density at radius 1 is 0.340 bits per heavy atom. The van der Waals surface area contributed by atoms with E-state index in [2.05, 4.69) is 172 Å². The van der Waals surface area contributed by atoms with Gasteiger partial charge in [-0.15, -0.1) is 0 Å². The van der Waals surface area contributed by atoms with Gasteiger partial charge in [-0.25, -0.2) is 0 Å². The first-order valence-corrected chi connectivity index (χ1v) is 16.6. The minimum absolute atomic E-state index is 0.110. The Morgan fingerprint density at radius 3 is 1.72 bits per heavy atom. The average molecular weight is 597 g/mol. The maximum atomic E-state index is 2.44. The third kappa shape index (κ3) is 3.70. The minimum Gasteiger partial charge on any atom is -0.0622 e. The lowest BCUT2D eigenvalue weighted by Gasteiger charge is -2.22. The molecule has 0 nitrogen and oxygen atoms in total. The van der Waals surface area contributed by atoms with Gasteiger partial charge in [0, 0.05) is 5.41 Å². The lowest BCUT2D eigenvalue weighted by atomic mass is 9.81. The van der Waals surface area contributed by atoms with Crippen molar-refractivity contribution in [3.05, 3.63) is 169 Å². The number of fused-ring (bicyclic) bond motifs is 6. The molecule has 0 fully saturated rings. The predicted molar refractivity (Wildman–Crippen MR) is 202 cm³/mol. The molecule has 0 aromatic heterocycles. The second-order valence-electron chi connectivity index (χ2n) is 13.7. The van der Waals surface area contributed by atoms with Gasteiger partial charge in [0.1, 0.15) is 0 Å². The van der Waals surface area contributed by atoms with Gasteiger partial charge >= 0.3 is 0 Å². The molecular formula is C47H32. The second-order valence-corrected chi connectivity index (χ2v) is 13.7. The van der Waals surface area contributed by atoms with Crippen molar-refractivity contribution >= 4 is 43.1 Å². The summed E-state index contributed by atoms with van der Waals surface area (Å²) in [5, 5.41) is 10.7. The van der Waals surface area contributed by atoms with Crippen molar-refractivity contribution in [3.8, 4) is 44.5 Å². The van der Waals surface area contributed by atoms with Crippen LogP contribution < -0.4 is 0 Å². The average Bonchev–Trinajstić information content (AvgIpc) is 3.37. The van der Waals surface area contributed by atoms with Crippen LogP contribution in [0.5, 0.6) is 0 Å². The SMILES string of the molecule is CC1(C)c2cc(-c3ccc(-c4ccccc4)cc3)ccc2-c2c(-c3ccc4c5ccccc5c5cccc6ccc3c4c65)cccc21. The molecule has 9 aromatic rings. The highest BCUT2D eigenvalue weighted by atomic mass is 14.4. The molecule has 9 aromatic carbocycles. The van der Waals surface area contributed by atoms with Crippen molar-refractivity contribution in [2.24, 2.45) is 0 Å². The van der Waals surface area contributed by atoms with E-state index in [4.69, 9.17) is 0 Å². The minimum atomic E-state index is -0.110. The quantitative estimate of drug-likeness (QED) is 0.141. The van der Waals surface area contributed by atoms with E-state index < -0.39 is 0 Å². The molecule has 0 spiro atoms. The van der Waals surface area contributed by atoms with Crippen molar-refractivity contribution in [1.82, 2.24) is 0 Å². The van der Waals surface area contributed by atoms with Gasteiger partial charge in [-0.3, -0.25) is 0 Å². The molecule has 0 atom stereocenters. The lowest BCUT2D eigenvalue weighted by molar-refractivity contribution is 0.660. The third-order valence-corrected chi connectivity index (χ3v) is 10.8. The molecule has 1 aliphatic rings. The Balaban J connectivity index is 1.17. The molecule has 0 amide bonds. The van der Waals surface area contributed by atoms with Crippen LogP contribution in [0.3, 0.4) is 0 Å². The van der Waals surface area contributed by atoms with Crippen LogP contribution in [0.15, 0.2) is 158 Å². The molecule has 220 valence electrons. The van der Waals surface area contributed by atoms with E-state index in [1.54, 1.807) is 0 Å². The Kier molecular flexibility index (Phi) is 5.44. The summed E-state index contributed by atoms with van der Waals surface area (Å²) in [4.78, 5) is 0. The summed E-state index contributed by atoms with van der Waals surface area (Å²) in [5.41, 5.74) is 13.0. The Hall–Kier alpha value is -5.72. The maximum Gasteiger partial charge on any atom is 0.0159 e. The first-order chi connectivity index (χ1) is 23.1. The number of hydrogen-bond donors (Lipinski definition) is 0. The molecule has 0 N–H and O–H groups in total. The highest BCUT2D eigenvalue weighted by Crippen LogP contribution is 2.54. The van der Waals surface area contributed by atoms with E-state index in [1.807, 2.05) is 0 Å². The highest BCUT2D eigenvalue weighted by molar-refractivity contribution is 6.35. The molecule has 1 aliphatic carbocycles. The van der Waals surface area contributed by atoms with Crippen molar-refractivity contribution in [2.45, 2.75) is 19.3 Å². The van der Waals surface area contributed by atoms with Gasteiger partial charge in [-0.05, 0) is 105 Å². The zero-order valence-corrected chi connectivity index (χ0v) is 26.5. The summed E-state index contributed by atoms with van der Waals surface area (Å²) in [7, 11) is 0. The van der Waals surface area contributed by atoms with Crippen LogP contribution in [0.4, 0.5) is 0 Å². The highest BCUT2D eigenvalue weighted by Gasteiger charge is 2.37. The van der Waals surface area contributed by atoms with E-state index in [0.717, 1.165) is 0 Å². The zero-order valence-electron chi connectivity index (χ0n) is 26.5. The molecule has 0 heterocycles. The summed E-state index contributed by atoms with van der Waals surface area (Å²) in [6.45, 7) is 4.78. The predicted octanol–water partition coefficient (Wildman–Crippen LogP) is 13.0. The number of benzene rings is 9. The van der Waals surface area contributed by atoms with E-state index in [0.29, 0.717) is 0 Å². The zero-order chi connectivity index (χ0) is 31.3. The van der Waals surface area contributed by atoms with Gasteiger partial charge in [-0.2, -0.15) is 0 Å². The second kappa shape index (κ2) is 9.64. The molecule has 0 unspecified atom stereocenters. The topological polar surface area (TPSA) is 0 Å². The van der Waals surface area contributed by atoms with Gasteiger partial charge in [0.05, 0.1) is 0 Å². The van der Waals surface area contributed by atoms with E-state index in [1.165, 1.54) is 98.7 Å². The summed E-state index contributed by atoms with van der Waals surface area (Å²) in [5.74, 6) is 0. The largest absolute Gasteiger partial charge is 0.0622 e. The van der Waals surface area contributed by atoms with E-state index in [-0.39, 0.29) is 5.41 Å². The molecule has 10 rings (SSSR count). The van der Waals surface area contributed by atoms with Crippen LogP contribution in [0, 0.1) is 0 Å². The van der Waals surface area contributed by atoms with Gasteiger partial charge in [-0.1, -0.05) is 166 Å². The fourth-order valence-electron chi connectivity index (χ4n) is 8.54. The van der Waals surface area contributed by atoms with Crippen LogP contribution in [-0.2, 0) is 5.41 Å². The van der Waals surface area contributed by atoms with Crippen LogP contribution in [-0.4, -0.2) is 0 Å². The van der Waals surface area contributed by atoms with Crippen LogP contribution >= 0.6 is 0 Å². The van der Waals surface area contributed by atoms with Crippen molar-refractivity contribution in [3.63, 3.8) is 0 Å². The third-order valence-electron chi connectivity index (χ3n) is 10.8. The van der Waals surface area contributed by atoms with Gasteiger partial charge in [0.25, 0.3) is 0 Å². The molecule has 47 heavy (non-hydrogen) atoms. The summed E-state index contributed by atoms with van der Waals surface area (Å²) < 4.78 is 0. The van der Waals surface area contributed by atoms with Crippen molar-refractivity contribution in [1.29, 1.82) is 0 Å². The fourth-order valence-corrected chi connectivity index (χ4v) is 8.54. The lowest BCUT2D eigenvalue weighted by Crippen LogP contribution is -2.15. The first-order valence-electron chi connectivity index (χ1n) is 16.6. The Morgan fingerprint density at radius 2 is 0.936 bits per heavy atom. The normalized spacial score (nSPS) is 13.5. The van der Waals surface area contributed by atoms with Crippen molar-refractivity contribution in [2.75, 3.05) is 0 Å². The standard InChI is InChI=1S/C47H32/c1-47(2)42-17-9-16-38(45(42)41-25-23-33(28-43(41)47)31-20-18-30(19-21-31)29-10-4-3-5-11-29)36-26-27-40-35-14-7-6-13-34(35)37-15-8-12-32-22-24-39(36)46(40)44(32)37/h3-28H,1-2H3. The van der Waals surface area contributed by atoms with Gasteiger partial charge < -0.3 is 0 Å². The summed E-state index contributed by atoms with van der Waals surface area (Å²) in [6, 6.07) is 58.7. The molecule has 0 radical (unpaired) electrons. The van der Waals surface area contributed by atoms with Crippen molar-refractivity contribution < 1.29 is 0 Å². The number of rotatable bonds is 3. The maximum absolute atomic E-state index is 2.44. The van der Waals surface area contributed by atoms with Crippen LogP contribution in [0.25, 0.3) is 87.6 Å². The smallest absolute Gasteiger partial charge is 0.0159 e. The summed E-state index contributed by atoms with van der Waals surface area (Å²) >= 11 is 0. The number of hydrogen-bond acceptors (Lipinski definition) is 0. The molecule has 0 bridgehead atoms. The van der Waals surface area contributed by atoms with Crippen LogP contribution in [0.1, 0.15) is 25.0 Å². The van der Waals surface area contributed by atoms with E-state index in [9.17, 15) is 0 Å². The molecule has 0 heteroatoms.